The number of carbonyl (C=O) groups is 1. The number of rotatable bonds is 5. The van der Waals surface area contributed by atoms with Crippen LogP contribution in [0.1, 0.15) is 32.1 Å². The molecule has 3 heterocycles. The minimum absolute atomic E-state index is 0.147. The van der Waals surface area contributed by atoms with Gasteiger partial charge in [0.05, 0.1) is 11.3 Å². The first-order valence-corrected chi connectivity index (χ1v) is 12.0. The largest absolute Gasteiger partial charge is 0.448 e. The summed E-state index contributed by atoms with van der Waals surface area (Å²) in [5.41, 5.74) is 2.50. The van der Waals surface area contributed by atoms with Crippen LogP contribution in [0.15, 0.2) is 58.3 Å². The van der Waals surface area contributed by atoms with Crippen LogP contribution in [0.3, 0.4) is 0 Å². The number of aromatic nitrogens is 3. The number of fused-ring (bicyclic) bond motifs is 2. The normalized spacial score (nSPS) is 16.4. The summed E-state index contributed by atoms with van der Waals surface area (Å²) in [6, 6.07) is 13.4. The maximum atomic E-state index is 12.5. The van der Waals surface area contributed by atoms with E-state index >= 15 is 0 Å². The number of ether oxygens (including phenoxy) is 2. The number of benzene rings is 2. The van der Waals surface area contributed by atoms with Crippen molar-refractivity contribution in [2.24, 2.45) is 0 Å². The maximum absolute atomic E-state index is 12.5. The van der Waals surface area contributed by atoms with Gasteiger partial charge in [-0.05, 0) is 31.0 Å². The molecular weight excluding hydrogens is 440 g/mol. The van der Waals surface area contributed by atoms with E-state index in [4.69, 9.17) is 13.9 Å². The van der Waals surface area contributed by atoms with Crippen molar-refractivity contribution in [3.63, 3.8) is 0 Å². The molecule has 2 aliphatic rings. The number of H-pyrrole nitrogens is 1. The minimum atomic E-state index is -0.528. The zero-order valence-electron chi connectivity index (χ0n) is 17.8. The number of para-hydroxylation sites is 1. The fourth-order valence-corrected chi connectivity index (χ4v) is 4.98. The molecule has 0 bridgehead atoms. The van der Waals surface area contributed by atoms with E-state index in [1.54, 1.807) is 0 Å². The molecule has 2 aromatic heterocycles. The average Bonchev–Trinajstić information content (AvgIpc) is 3.54. The third-order valence-corrected chi connectivity index (χ3v) is 6.81. The third-order valence-electron chi connectivity index (χ3n) is 5.99. The lowest BCUT2D eigenvalue weighted by atomic mass is 9.94. The molecule has 8 nitrogen and oxygen atoms in total. The lowest BCUT2D eigenvalue weighted by Gasteiger charge is -2.31. The first-order chi connectivity index (χ1) is 16.2. The molecule has 1 spiro atoms. The van der Waals surface area contributed by atoms with Gasteiger partial charge in [0.2, 0.25) is 5.91 Å². The van der Waals surface area contributed by atoms with Gasteiger partial charge in [0.25, 0.3) is 16.9 Å². The minimum Gasteiger partial charge on any atom is -0.448 e. The molecule has 1 aliphatic heterocycles. The number of carbonyl (C=O) groups excluding carboxylic acids is 1. The number of thioether (sulfide) groups is 1. The van der Waals surface area contributed by atoms with Gasteiger partial charge in [0, 0.05) is 41.7 Å². The highest BCUT2D eigenvalue weighted by atomic mass is 32.2. The zero-order valence-corrected chi connectivity index (χ0v) is 18.6. The Morgan fingerprint density at radius 2 is 1.91 bits per heavy atom. The number of anilines is 1. The molecule has 1 aliphatic carbocycles. The molecule has 2 N–H and O–H groups in total. The summed E-state index contributed by atoms with van der Waals surface area (Å²) in [6.07, 6.45) is 7.05. The SMILES string of the molecule is O=C(CSc1nnc(-c2c[nH]c3ccccc23)o1)Nc1ccc2c(c1)OC1(CCCCC1)O2. The molecular formula is C24H22N4O4S. The van der Waals surface area contributed by atoms with Crippen LogP contribution in [0.2, 0.25) is 0 Å². The van der Waals surface area contributed by atoms with Crippen molar-refractivity contribution in [2.75, 3.05) is 11.1 Å². The molecule has 2 aromatic carbocycles. The Kier molecular flexibility index (Phi) is 4.98. The molecule has 0 unspecified atom stereocenters. The molecule has 0 atom stereocenters. The van der Waals surface area contributed by atoms with Crippen LogP contribution >= 0.6 is 11.8 Å². The Morgan fingerprint density at radius 1 is 1.06 bits per heavy atom. The van der Waals surface area contributed by atoms with Crippen molar-refractivity contribution in [3.8, 4) is 23.0 Å². The van der Waals surface area contributed by atoms with E-state index in [0.717, 1.165) is 47.9 Å². The van der Waals surface area contributed by atoms with E-state index in [1.165, 1.54) is 18.2 Å². The van der Waals surface area contributed by atoms with Crippen molar-refractivity contribution >= 4 is 34.3 Å². The van der Waals surface area contributed by atoms with Gasteiger partial charge in [-0.15, -0.1) is 10.2 Å². The van der Waals surface area contributed by atoms with Crippen LogP contribution in [0.4, 0.5) is 5.69 Å². The van der Waals surface area contributed by atoms with E-state index in [1.807, 2.05) is 48.7 Å². The first kappa shape index (κ1) is 20.2. The molecule has 9 heteroatoms. The van der Waals surface area contributed by atoms with Gasteiger partial charge < -0.3 is 24.2 Å². The Labute approximate surface area is 194 Å². The van der Waals surface area contributed by atoms with E-state index in [-0.39, 0.29) is 11.7 Å². The van der Waals surface area contributed by atoms with Crippen molar-refractivity contribution in [1.82, 2.24) is 15.2 Å². The monoisotopic (exact) mass is 462 g/mol. The Balaban J connectivity index is 1.08. The Hall–Kier alpha value is -3.46. The van der Waals surface area contributed by atoms with Gasteiger partial charge in [-0.1, -0.05) is 36.4 Å². The molecule has 1 amide bonds. The predicted molar refractivity (Wildman–Crippen MR) is 124 cm³/mol. The van der Waals surface area contributed by atoms with Crippen molar-refractivity contribution in [1.29, 1.82) is 0 Å². The molecule has 0 radical (unpaired) electrons. The van der Waals surface area contributed by atoms with Gasteiger partial charge in [-0.25, -0.2) is 0 Å². The lowest BCUT2D eigenvalue weighted by molar-refractivity contribution is -0.113. The van der Waals surface area contributed by atoms with Gasteiger partial charge >= 0.3 is 0 Å². The number of hydrogen-bond acceptors (Lipinski definition) is 7. The molecule has 168 valence electrons. The van der Waals surface area contributed by atoms with Crippen LogP contribution in [0, 0.1) is 0 Å². The zero-order chi connectivity index (χ0) is 22.3. The van der Waals surface area contributed by atoms with E-state index in [2.05, 4.69) is 20.5 Å². The van der Waals surface area contributed by atoms with Crippen LogP contribution in [-0.4, -0.2) is 32.6 Å². The van der Waals surface area contributed by atoms with Crippen molar-refractivity contribution < 1.29 is 18.7 Å². The quantitative estimate of drug-likeness (QED) is 0.384. The van der Waals surface area contributed by atoms with Crippen LogP contribution in [-0.2, 0) is 4.79 Å². The maximum Gasteiger partial charge on any atom is 0.277 e. The van der Waals surface area contributed by atoms with Crippen molar-refractivity contribution in [3.05, 3.63) is 48.7 Å². The van der Waals surface area contributed by atoms with Gasteiger partial charge in [0.1, 0.15) is 0 Å². The average molecular weight is 463 g/mol. The highest BCUT2D eigenvalue weighted by Gasteiger charge is 2.42. The van der Waals surface area contributed by atoms with E-state index in [0.29, 0.717) is 22.6 Å². The van der Waals surface area contributed by atoms with Gasteiger partial charge in [-0.2, -0.15) is 0 Å². The summed E-state index contributed by atoms with van der Waals surface area (Å²) in [4.78, 5) is 15.7. The Bertz CT molecular complexity index is 1330. The summed E-state index contributed by atoms with van der Waals surface area (Å²) in [5, 5.41) is 12.5. The van der Waals surface area contributed by atoms with Crippen molar-refractivity contribution in [2.45, 2.75) is 43.1 Å². The summed E-state index contributed by atoms with van der Waals surface area (Å²) >= 11 is 1.20. The molecule has 4 aromatic rings. The molecule has 33 heavy (non-hydrogen) atoms. The summed E-state index contributed by atoms with van der Waals surface area (Å²) in [7, 11) is 0. The third kappa shape index (κ3) is 3.93. The summed E-state index contributed by atoms with van der Waals surface area (Å²) in [5.74, 6) is 1.29. The summed E-state index contributed by atoms with van der Waals surface area (Å²) in [6.45, 7) is 0. The predicted octanol–water partition coefficient (Wildman–Crippen LogP) is 5.38. The van der Waals surface area contributed by atoms with Crippen LogP contribution in [0.5, 0.6) is 11.5 Å². The summed E-state index contributed by atoms with van der Waals surface area (Å²) < 4.78 is 18.0. The topological polar surface area (TPSA) is 102 Å². The number of nitrogens with zero attached hydrogens (tertiary/aromatic N) is 2. The van der Waals surface area contributed by atoms with Gasteiger partial charge in [-0.3, -0.25) is 4.79 Å². The number of hydrogen-bond donors (Lipinski definition) is 2. The smallest absolute Gasteiger partial charge is 0.277 e. The molecule has 1 fully saturated rings. The molecule has 1 saturated carbocycles. The standard InChI is InChI=1S/C24H22N4O4S/c29-21(26-15-8-9-19-20(12-15)32-24(31-19)10-4-1-5-11-24)14-33-23-28-27-22(30-23)17-13-25-18-7-3-2-6-16(17)18/h2-3,6-9,12-13,25H,1,4-5,10-11,14H2,(H,26,29). The van der Waals surface area contributed by atoms with E-state index in [9.17, 15) is 4.79 Å². The highest BCUT2D eigenvalue weighted by Crippen LogP contribution is 2.46. The fourth-order valence-electron chi connectivity index (χ4n) is 4.42. The molecule has 6 rings (SSSR count). The lowest BCUT2D eigenvalue weighted by Crippen LogP contribution is -2.40. The second-order valence-electron chi connectivity index (χ2n) is 8.29. The molecule has 0 saturated heterocycles. The second kappa shape index (κ2) is 8.15. The Morgan fingerprint density at radius 3 is 2.82 bits per heavy atom. The van der Waals surface area contributed by atoms with Crippen LogP contribution in [0.25, 0.3) is 22.4 Å². The number of amides is 1. The van der Waals surface area contributed by atoms with E-state index < -0.39 is 5.79 Å². The first-order valence-electron chi connectivity index (χ1n) is 11.0. The fraction of sp³-hybridized carbons (Fsp3) is 0.292. The number of aromatic amines is 1. The van der Waals surface area contributed by atoms with Gasteiger partial charge in [0.15, 0.2) is 11.5 Å². The number of nitrogens with one attached hydrogen (secondary N) is 2. The van der Waals surface area contributed by atoms with Crippen LogP contribution < -0.4 is 14.8 Å². The second-order valence-corrected chi connectivity index (χ2v) is 9.22. The highest BCUT2D eigenvalue weighted by molar-refractivity contribution is 7.99.